The number of benzene rings is 1. The zero-order valence-electron chi connectivity index (χ0n) is 21.9. The van der Waals surface area contributed by atoms with Gasteiger partial charge in [-0.1, -0.05) is 65.1 Å². The van der Waals surface area contributed by atoms with Crippen LogP contribution >= 0.6 is 23.1 Å². The average molecular weight is 569 g/mol. The van der Waals surface area contributed by atoms with Gasteiger partial charge in [0.15, 0.2) is 10.1 Å². The molecule has 0 saturated carbocycles. The number of thioether (sulfide) groups is 1. The van der Waals surface area contributed by atoms with E-state index in [0.717, 1.165) is 11.1 Å². The number of rotatable bonds is 6. The maximum absolute atomic E-state index is 13.5. The van der Waals surface area contributed by atoms with E-state index in [0.29, 0.717) is 27.0 Å². The fourth-order valence-electron chi connectivity index (χ4n) is 4.74. The van der Waals surface area contributed by atoms with Gasteiger partial charge in [0.05, 0.1) is 17.3 Å². The number of aliphatic hydroxyl groups is 1. The van der Waals surface area contributed by atoms with Crippen LogP contribution in [0.1, 0.15) is 39.7 Å². The summed E-state index contributed by atoms with van der Waals surface area (Å²) in [4.78, 5) is 37.1. The number of pyridine rings is 2. The van der Waals surface area contributed by atoms with E-state index < -0.39 is 17.7 Å². The van der Waals surface area contributed by atoms with Gasteiger partial charge in [-0.05, 0) is 49.6 Å². The molecule has 5 heterocycles. The third-order valence-corrected chi connectivity index (χ3v) is 8.96. The summed E-state index contributed by atoms with van der Waals surface area (Å²) < 4.78 is 2.51. The van der Waals surface area contributed by atoms with Crippen molar-refractivity contribution in [2.45, 2.75) is 36.9 Å². The Balaban J connectivity index is 1.41. The van der Waals surface area contributed by atoms with Crippen molar-refractivity contribution in [3.63, 3.8) is 0 Å². The third kappa shape index (κ3) is 4.46. The summed E-state index contributed by atoms with van der Waals surface area (Å²) in [5, 5.41) is 20.4. The Hall–Kier alpha value is -4.35. The van der Waals surface area contributed by atoms with E-state index >= 15 is 0 Å². The summed E-state index contributed by atoms with van der Waals surface area (Å²) in [5.74, 6) is -1.26. The molecule has 1 fully saturated rings. The van der Waals surface area contributed by atoms with Crippen molar-refractivity contribution in [1.82, 2.24) is 24.6 Å². The standard InChI is InChI=1S/C29H24N6O3S2/c1-16-8-10-19(11-9-16)15-39-29-33-32-28(40-29)35-23(20-7-4-12-30-14-20)21(25(37)27(35)38)24(36)22-18(3)34-13-5-6-17(2)26(34)31-22/h4-14,23,36H,15H2,1-3H3. The molecule has 1 amide bonds. The van der Waals surface area contributed by atoms with Gasteiger partial charge in [-0.15, -0.1) is 10.2 Å². The van der Waals surface area contributed by atoms with Crippen molar-refractivity contribution in [2.75, 3.05) is 4.90 Å². The minimum Gasteiger partial charge on any atom is -0.505 e. The molecule has 0 aliphatic carbocycles. The number of amides is 1. The molecule has 1 aliphatic rings. The molecule has 0 bridgehead atoms. The highest BCUT2D eigenvalue weighted by Gasteiger charge is 2.49. The molecule has 200 valence electrons. The number of anilines is 1. The number of imidazole rings is 1. The van der Waals surface area contributed by atoms with Crippen LogP contribution in [0.5, 0.6) is 0 Å². The number of fused-ring (bicyclic) bond motifs is 1. The van der Waals surface area contributed by atoms with E-state index in [1.807, 2.05) is 43.5 Å². The SMILES string of the molecule is Cc1ccc(CSc2nnc(N3C(=O)C(=O)C(=C(O)c4nc5c(C)cccn5c4C)C3c3cccnc3)s2)cc1. The van der Waals surface area contributed by atoms with Crippen molar-refractivity contribution >= 4 is 51.3 Å². The number of Topliss-reactive ketones (excluding diaryl/α,β-unsaturated/α-hetero) is 1. The molecule has 1 atom stereocenters. The summed E-state index contributed by atoms with van der Waals surface area (Å²) in [7, 11) is 0. The lowest BCUT2D eigenvalue weighted by Crippen LogP contribution is -2.29. The van der Waals surface area contributed by atoms with Gasteiger partial charge in [-0.25, -0.2) is 4.98 Å². The van der Waals surface area contributed by atoms with E-state index in [4.69, 9.17) is 0 Å². The maximum atomic E-state index is 13.5. The van der Waals surface area contributed by atoms with Gasteiger partial charge < -0.3 is 9.51 Å². The highest BCUT2D eigenvalue weighted by atomic mass is 32.2. The lowest BCUT2D eigenvalue weighted by Gasteiger charge is -2.21. The first-order valence-corrected chi connectivity index (χ1v) is 14.3. The molecule has 1 aliphatic heterocycles. The molecule has 1 N–H and O–H groups in total. The van der Waals surface area contributed by atoms with Crippen molar-refractivity contribution in [2.24, 2.45) is 0 Å². The van der Waals surface area contributed by atoms with Gasteiger partial charge in [0.2, 0.25) is 5.13 Å². The minimum absolute atomic E-state index is 0.0637. The molecule has 0 radical (unpaired) electrons. The van der Waals surface area contributed by atoms with E-state index in [2.05, 4.69) is 44.4 Å². The van der Waals surface area contributed by atoms with Crippen LogP contribution in [0.4, 0.5) is 5.13 Å². The Morgan fingerprint density at radius 3 is 2.58 bits per heavy atom. The number of hydrogen-bond donors (Lipinski definition) is 1. The van der Waals surface area contributed by atoms with Crippen LogP contribution < -0.4 is 4.90 Å². The van der Waals surface area contributed by atoms with Crippen LogP contribution in [0.3, 0.4) is 0 Å². The minimum atomic E-state index is -0.943. The van der Waals surface area contributed by atoms with Crippen LogP contribution in [0.25, 0.3) is 11.4 Å². The van der Waals surface area contributed by atoms with Crippen molar-refractivity contribution in [1.29, 1.82) is 0 Å². The number of aliphatic hydroxyl groups excluding tert-OH is 1. The first-order valence-electron chi connectivity index (χ1n) is 12.5. The fourth-order valence-corrected chi connectivity index (χ4v) is 6.57. The summed E-state index contributed by atoms with van der Waals surface area (Å²) >= 11 is 2.73. The molecule has 6 rings (SSSR count). The molecule has 0 spiro atoms. The highest BCUT2D eigenvalue weighted by Crippen LogP contribution is 2.44. The molecule has 9 nitrogen and oxygen atoms in total. The summed E-state index contributed by atoms with van der Waals surface area (Å²) in [6.45, 7) is 5.77. The Morgan fingerprint density at radius 2 is 1.85 bits per heavy atom. The Morgan fingerprint density at radius 1 is 1.05 bits per heavy atom. The number of carbonyl (C=O) groups is 2. The second kappa shape index (κ2) is 10.3. The monoisotopic (exact) mass is 568 g/mol. The topological polar surface area (TPSA) is 114 Å². The van der Waals surface area contributed by atoms with Gasteiger partial charge in [-0.2, -0.15) is 0 Å². The zero-order chi connectivity index (χ0) is 28.0. The van der Waals surface area contributed by atoms with Crippen molar-refractivity contribution in [3.8, 4) is 0 Å². The molecular formula is C29H24N6O3S2. The zero-order valence-corrected chi connectivity index (χ0v) is 23.5. The normalized spacial score (nSPS) is 16.8. The van der Waals surface area contributed by atoms with E-state index in [-0.39, 0.29) is 22.2 Å². The van der Waals surface area contributed by atoms with Crippen molar-refractivity contribution in [3.05, 3.63) is 106 Å². The predicted molar refractivity (Wildman–Crippen MR) is 154 cm³/mol. The molecule has 40 heavy (non-hydrogen) atoms. The number of hydrogen-bond acceptors (Lipinski definition) is 9. The first kappa shape index (κ1) is 25.9. The average Bonchev–Trinajstić information content (AvgIpc) is 3.64. The summed E-state index contributed by atoms with van der Waals surface area (Å²) in [5.41, 5.74) is 5.29. The maximum Gasteiger partial charge on any atom is 0.301 e. The van der Waals surface area contributed by atoms with Crippen LogP contribution in [-0.4, -0.2) is 41.4 Å². The molecule has 1 unspecified atom stereocenters. The van der Waals surface area contributed by atoms with Gasteiger partial charge in [0, 0.05) is 24.3 Å². The molecular weight excluding hydrogens is 544 g/mol. The smallest absolute Gasteiger partial charge is 0.301 e. The number of carbonyl (C=O) groups excluding carboxylic acids is 2. The Bertz CT molecular complexity index is 1790. The summed E-state index contributed by atoms with van der Waals surface area (Å²) in [6, 6.07) is 14.6. The number of aryl methyl sites for hydroxylation is 3. The van der Waals surface area contributed by atoms with E-state index in [1.165, 1.54) is 33.6 Å². The molecule has 11 heteroatoms. The third-order valence-electron chi connectivity index (χ3n) is 6.84. The van der Waals surface area contributed by atoms with Gasteiger partial charge in [-0.3, -0.25) is 19.5 Å². The van der Waals surface area contributed by atoms with Gasteiger partial charge >= 0.3 is 5.91 Å². The Labute approximate surface area is 238 Å². The van der Waals surface area contributed by atoms with Crippen LogP contribution in [0.2, 0.25) is 0 Å². The van der Waals surface area contributed by atoms with Gasteiger partial charge in [0.25, 0.3) is 5.78 Å². The lowest BCUT2D eigenvalue weighted by molar-refractivity contribution is -0.132. The van der Waals surface area contributed by atoms with Crippen LogP contribution in [-0.2, 0) is 15.3 Å². The molecule has 4 aromatic heterocycles. The second-order valence-electron chi connectivity index (χ2n) is 9.51. The van der Waals surface area contributed by atoms with Gasteiger partial charge in [0.1, 0.15) is 11.3 Å². The lowest BCUT2D eigenvalue weighted by atomic mass is 9.98. The number of aromatic nitrogens is 5. The second-order valence-corrected chi connectivity index (χ2v) is 11.7. The number of ketones is 1. The highest BCUT2D eigenvalue weighted by molar-refractivity contribution is 8.00. The summed E-state index contributed by atoms with van der Waals surface area (Å²) in [6.07, 6.45) is 5.02. The van der Waals surface area contributed by atoms with E-state index in [1.54, 1.807) is 24.5 Å². The number of nitrogens with zero attached hydrogens (tertiary/aromatic N) is 6. The Kier molecular flexibility index (Phi) is 6.68. The largest absolute Gasteiger partial charge is 0.505 e. The quantitative estimate of drug-likeness (QED) is 0.0949. The van der Waals surface area contributed by atoms with Crippen molar-refractivity contribution < 1.29 is 14.7 Å². The predicted octanol–water partition coefficient (Wildman–Crippen LogP) is 5.42. The fraction of sp³-hybridized carbons (Fsp3) is 0.172. The molecule has 1 saturated heterocycles. The van der Waals surface area contributed by atoms with Crippen LogP contribution in [0.15, 0.2) is 77.0 Å². The van der Waals surface area contributed by atoms with E-state index in [9.17, 15) is 14.7 Å². The first-order chi connectivity index (χ1) is 19.3. The molecule has 5 aromatic rings. The molecule has 1 aromatic carbocycles. The van der Waals surface area contributed by atoms with Crippen LogP contribution in [0, 0.1) is 20.8 Å².